The van der Waals surface area contributed by atoms with E-state index in [0.717, 1.165) is 38.6 Å². The van der Waals surface area contributed by atoms with E-state index in [-0.39, 0.29) is 18.4 Å². The third-order valence-corrected chi connectivity index (χ3v) is 4.38. The van der Waals surface area contributed by atoms with Gasteiger partial charge in [-0.2, -0.15) is 0 Å². The molecule has 0 aromatic heterocycles. The lowest BCUT2D eigenvalue weighted by Gasteiger charge is -2.28. The van der Waals surface area contributed by atoms with Crippen molar-refractivity contribution in [2.24, 2.45) is 11.7 Å². The van der Waals surface area contributed by atoms with E-state index in [9.17, 15) is 9.59 Å². The maximum atomic E-state index is 12.3. The maximum Gasteiger partial charge on any atom is 0.241 e. The van der Waals surface area contributed by atoms with Gasteiger partial charge in [0.2, 0.25) is 11.8 Å². The quantitative estimate of drug-likeness (QED) is 0.796. The van der Waals surface area contributed by atoms with E-state index in [2.05, 4.69) is 0 Å². The van der Waals surface area contributed by atoms with Crippen molar-refractivity contribution in [3.63, 3.8) is 0 Å². The van der Waals surface area contributed by atoms with Crippen LogP contribution in [0.4, 0.5) is 0 Å². The molecule has 2 fully saturated rings. The lowest BCUT2D eigenvalue weighted by Crippen LogP contribution is -2.39. The molecule has 2 aliphatic rings. The number of nitrogens with two attached hydrogens (primary N) is 1. The van der Waals surface area contributed by atoms with Crippen LogP contribution in [-0.4, -0.2) is 54.3 Å². The van der Waals surface area contributed by atoms with Crippen LogP contribution in [0.5, 0.6) is 0 Å². The lowest BCUT2D eigenvalue weighted by atomic mass is 9.84. The van der Waals surface area contributed by atoms with Crippen LogP contribution in [0.2, 0.25) is 0 Å². The van der Waals surface area contributed by atoms with Crippen molar-refractivity contribution in [3.8, 4) is 0 Å². The predicted octanol–water partition coefficient (Wildman–Crippen LogP) is 0.585. The number of rotatable bonds is 2. The average Bonchev–Trinajstić information content (AvgIpc) is 2.55. The summed E-state index contributed by atoms with van der Waals surface area (Å²) in [4.78, 5) is 27.5. The Kier molecular flexibility index (Phi) is 4.80. The molecule has 1 saturated heterocycles. The number of nitrogens with zero attached hydrogens (tertiary/aromatic N) is 2. The van der Waals surface area contributed by atoms with E-state index < -0.39 is 0 Å². The van der Waals surface area contributed by atoms with Gasteiger partial charge in [-0.25, -0.2) is 0 Å². The Morgan fingerprint density at radius 2 is 1.95 bits per heavy atom. The van der Waals surface area contributed by atoms with Gasteiger partial charge in [-0.05, 0) is 38.0 Å². The highest BCUT2D eigenvalue weighted by atomic mass is 16.2. The number of hydrogen-bond donors (Lipinski definition) is 1. The molecule has 0 radical (unpaired) electrons. The van der Waals surface area contributed by atoms with E-state index >= 15 is 0 Å². The summed E-state index contributed by atoms with van der Waals surface area (Å²) in [6.45, 7) is 1.71. The van der Waals surface area contributed by atoms with Crippen molar-refractivity contribution in [2.75, 3.05) is 26.7 Å². The molecule has 2 amide bonds. The summed E-state index contributed by atoms with van der Waals surface area (Å²) in [7, 11) is 1.80. The first-order valence-corrected chi connectivity index (χ1v) is 7.33. The summed E-state index contributed by atoms with van der Waals surface area (Å²) in [5, 5.41) is 0. The van der Waals surface area contributed by atoms with Crippen LogP contribution >= 0.6 is 0 Å². The van der Waals surface area contributed by atoms with Crippen LogP contribution in [0, 0.1) is 5.92 Å². The highest BCUT2D eigenvalue weighted by Gasteiger charge is 2.26. The molecule has 108 valence electrons. The molecule has 0 aromatic carbocycles. The van der Waals surface area contributed by atoms with Gasteiger partial charge in [0.15, 0.2) is 0 Å². The minimum absolute atomic E-state index is 0.0523. The van der Waals surface area contributed by atoms with Crippen LogP contribution in [0.25, 0.3) is 0 Å². The van der Waals surface area contributed by atoms with Gasteiger partial charge in [-0.3, -0.25) is 9.59 Å². The van der Waals surface area contributed by atoms with Crippen LogP contribution in [0.15, 0.2) is 0 Å². The van der Waals surface area contributed by atoms with Gasteiger partial charge in [-0.1, -0.05) is 0 Å². The van der Waals surface area contributed by atoms with Gasteiger partial charge in [0.1, 0.15) is 0 Å². The van der Waals surface area contributed by atoms with Crippen LogP contribution in [-0.2, 0) is 9.59 Å². The molecule has 0 spiro atoms. The third-order valence-electron chi connectivity index (χ3n) is 4.38. The Labute approximate surface area is 115 Å². The Hall–Kier alpha value is -1.10. The fourth-order valence-electron chi connectivity index (χ4n) is 2.97. The zero-order valence-corrected chi connectivity index (χ0v) is 11.8. The molecule has 1 aliphatic carbocycles. The Morgan fingerprint density at radius 3 is 2.63 bits per heavy atom. The summed E-state index contributed by atoms with van der Waals surface area (Å²) in [5.74, 6) is 0.657. The normalized spacial score (nSPS) is 29.3. The number of carbonyl (C=O) groups excluding carboxylic acids is 2. The maximum absolute atomic E-state index is 12.3. The summed E-state index contributed by atoms with van der Waals surface area (Å²) >= 11 is 0. The number of carbonyl (C=O) groups is 2. The fraction of sp³-hybridized carbons (Fsp3) is 0.857. The molecule has 5 heteroatoms. The minimum atomic E-state index is 0.0523. The summed E-state index contributed by atoms with van der Waals surface area (Å²) in [6.07, 6.45) is 5.62. The van der Waals surface area contributed by atoms with E-state index in [0.29, 0.717) is 24.9 Å². The van der Waals surface area contributed by atoms with Crippen molar-refractivity contribution in [2.45, 2.75) is 44.6 Å². The molecule has 1 saturated carbocycles. The summed E-state index contributed by atoms with van der Waals surface area (Å²) in [6, 6.07) is 0.319. The topological polar surface area (TPSA) is 66.6 Å². The van der Waals surface area contributed by atoms with Gasteiger partial charge >= 0.3 is 0 Å². The highest BCUT2D eigenvalue weighted by molar-refractivity contribution is 5.85. The van der Waals surface area contributed by atoms with E-state index in [1.807, 2.05) is 0 Å². The molecule has 2 N–H and O–H groups in total. The lowest BCUT2D eigenvalue weighted by molar-refractivity contribution is -0.138. The predicted molar refractivity (Wildman–Crippen MR) is 73.4 cm³/mol. The second-order valence-corrected chi connectivity index (χ2v) is 5.97. The molecule has 19 heavy (non-hydrogen) atoms. The first kappa shape index (κ1) is 14.3. The average molecular weight is 267 g/mol. The monoisotopic (exact) mass is 267 g/mol. The molecular weight excluding hydrogens is 242 g/mol. The van der Waals surface area contributed by atoms with Crippen molar-refractivity contribution in [3.05, 3.63) is 0 Å². The van der Waals surface area contributed by atoms with Gasteiger partial charge in [0, 0.05) is 32.6 Å². The molecule has 0 aromatic rings. The Bertz CT molecular complexity index is 338. The molecule has 5 nitrogen and oxygen atoms in total. The standard InChI is InChI=1S/C14H25N3O2/c1-16-7-2-8-17(10-14(16)19)13(18)9-11-3-5-12(15)6-4-11/h11-12H,2-10,15H2,1H3. The molecule has 2 rings (SSSR count). The molecule has 0 bridgehead atoms. The zero-order valence-electron chi connectivity index (χ0n) is 11.8. The number of hydrogen-bond acceptors (Lipinski definition) is 3. The molecule has 0 atom stereocenters. The number of likely N-dealkylation sites (N-methyl/N-ethyl adjacent to an activating group) is 1. The summed E-state index contributed by atoms with van der Waals surface area (Å²) < 4.78 is 0. The third kappa shape index (κ3) is 3.93. The van der Waals surface area contributed by atoms with E-state index in [1.54, 1.807) is 16.8 Å². The first-order valence-electron chi connectivity index (χ1n) is 7.33. The van der Waals surface area contributed by atoms with Gasteiger partial charge in [0.25, 0.3) is 0 Å². The molecular formula is C14H25N3O2. The van der Waals surface area contributed by atoms with Gasteiger partial charge in [-0.15, -0.1) is 0 Å². The number of amides is 2. The van der Waals surface area contributed by atoms with Gasteiger partial charge in [0.05, 0.1) is 6.54 Å². The van der Waals surface area contributed by atoms with Crippen molar-refractivity contribution >= 4 is 11.8 Å². The molecule has 1 aliphatic heterocycles. The second-order valence-electron chi connectivity index (χ2n) is 5.97. The first-order chi connectivity index (χ1) is 9.06. The molecule has 1 heterocycles. The van der Waals surface area contributed by atoms with Crippen molar-refractivity contribution < 1.29 is 9.59 Å². The zero-order chi connectivity index (χ0) is 13.8. The fourth-order valence-corrected chi connectivity index (χ4v) is 2.97. The van der Waals surface area contributed by atoms with Gasteiger partial charge < -0.3 is 15.5 Å². The Balaban J connectivity index is 1.83. The smallest absolute Gasteiger partial charge is 0.241 e. The second kappa shape index (κ2) is 6.37. The largest absolute Gasteiger partial charge is 0.344 e. The van der Waals surface area contributed by atoms with Crippen molar-refractivity contribution in [1.82, 2.24) is 9.80 Å². The van der Waals surface area contributed by atoms with Crippen LogP contribution in [0.1, 0.15) is 38.5 Å². The molecule has 0 unspecified atom stereocenters. The summed E-state index contributed by atoms with van der Waals surface area (Å²) in [5.41, 5.74) is 5.88. The Morgan fingerprint density at radius 1 is 1.26 bits per heavy atom. The minimum Gasteiger partial charge on any atom is -0.344 e. The van der Waals surface area contributed by atoms with Crippen molar-refractivity contribution in [1.29, 1.82) is 0 Å². The highest BCUT2D eigenvalue weighted by Crippen LogP contribution is 2.26. The SMILES string of the molecule is CN1CCCN(C(=O)CC2CCC(N)CC2)CC1=O. The van der Waals surface area contributed by atoms with E-state index in [4.69, 9.17) is 5.73 Å². The van der Waals surface area contributed by atoms with Crippen LogP contribution < -0.4 is 5.73 Å². The van der Waals surface area contributed by atoms with E-state index in [1.165, 1.54) is 0 Å². The van der Waals surface area contributed by atoms with Crippen LogP contribution in [0.3, 0.4) is 0 Å².